The molecule has 0 radical (unpaired) electrons. The van der Waals surface area contributed by atoms with Gasteiger partial charge in [0.1, 0.15) is 11.5 Å². The third kappa shape index (κ3) is 2.74. The molecule has 4 heteroatoms. The number of fused-ring (bicyclic) bond motifs is 1. The van der Waals surface area contributed by atoms with E-state index in [-0.39, 0.29) is 6.04 Å². The van der Waals surface area contributed by atoms with E-state index >= 15 is 0 Å². The fraction of sp³-hybridized carbons (Fsp3) is 0.333. The van der Waals surface area contributed by atoms with E-state index < -0.39 is 0 Å². The molecule has 0 spiro atoms. The van der Waals surface area contributed by atoms with Gasteiger partial charge in [-0.3, -0.25) is 0 Å². The average Bonchev–Trinajstić information content (AvgIpc) is 2.97. The highest BCUT2D eigenvalue weighted by Gasteiger charge is 2.22. The van der Waals surface area contributed by atoms with Crippen molar-refractivity contribution < 1.29 is 9.47 Å². The van der Waals surface area contributed by atoms with Crippen LogP contribution in [-0.2, 0) is 6.42 Å². The highest BCUT2D eigenvalue weighted by molar-refractivity contribution is 5.58. The van der Waals surface area contributed by atoms with E-state index in [2.05, 4.69) is 29.2 Å². The van der Waals surface area contributed by atoms with Gasteiger partial charge in [0.2, 0.25) is 0 Å². The lowest BCUT2D eigenvalue weighted by Gasteiger charge is -2.25. The number of nitrogens with zero attached hydrogens (tertiary/aromatic N) is 1. The predicted molar refractivity (Wildman–Crippen MR) is 88.8 cm³/mol. The molecule has 2 N–H and O–H groups in total. The first-order valence-electron chi connectivity index (χ1n) is 7.53. The monoisotopic (exact) mass is 298 g/mol. The highest BCUT2D eigenvalue weighted by Crippen LogP contribution is 2.32. The number of benzene rings is 2. The van der Waals surface area contributed by atoms with Gasteiger partial charge in [-0.1, -0.05) is 18.2 Å². The topological polar surface area (TPSA) is 47.7 Å². The molecule has 1 aliphatic heterocycles. The van der Waals surface area contributed by atoms with Crippen LogP contribution in [0.3, 0.4) is 0 Å². The molecule has 0 amide bonds. The number of hydrogen-bond donors (Lipinski definition) is 1. The summed E-state index contributed by atoms with van der Waals surface area (Å²) in [5, 5.41) is 0. The van der Waals surface area contributed by atoms with Crippen molar-refractivity contribution in [3.8, 4) is 11.5 Å². The molecule has 1 unspecified atom stereocenters. The summed E-state index contributed by atoms with van der Waals surface area (Å²) >= 11 is 0. The van der Waals surface area contributed by atoms with Gasteiger partial charge < -0.3 is 20.1 Å². The second kappa shape index (κ2) is 6.28. The molecule has 0 fully saturated rings. The van der Waals surface area contributed by atoms with Crippen LogP contribution in [0.25, 0.3) is 0 Å². The Hall–Kier alpha value is -2.20. The van der Waals surface area contributed by atoms with E-state index in [1.807, 2.05) is 18.2 Å². The van der Waals surface area contributed by atoms with Crippen LogP contribution in [0.15, 0.2) is 42.5 Å². The maximum Gasteiger partial charge on any atom is 0.123 e. The number of methoxy groups -OCH3 is 2. The van der Waals surface area contributed by atoms with Crippen LogP contribution in [0, 0.1) is 0 Å². The second-order valence-electron chi connectivity index (χ2n) is 5.54. The van der Waals surface area contributed by atoms with E-state index in [0.717, 1.165) is 36.6 Å². The molecule has 0 aromatic heterocycles. The van der Waals surface area contributed by atoms with E-state index in [4.69, 9.17) is 15.2 Å². The summed E-state index contributed by atoms with van der Waals surface area (Å²) in [4.78, 5) is 2.35. The largest absolute Gasteiger partial charge is 0.497 e. The summed E-state index contributed by atoms with van der Waals surface area (Å²) in [6.45, 7) is 1.78. The number of para-hydroxylation sites is 1. The number of ether oxygens (including phenoxy) is 2. The van der Waals surface area contributed by atoms with Crippen molar-refractivity contribution in [3.63, 3.8) is 0 Å². The van der Waals surface area contributed by atoms with Crippen LogP contribution >= 0.6 is 0 Å². The van der Waals surface area contributed by atoms with Gasteiger partial charge in [-0.05, 0) is 36.2 Å². The Balaban J connectivity index is 1.82. The molecule has 2 aromatic carbocycles. The molecule has 0 aliphatic carbocycles. The van der Waals surface area contributed by atoms with Crippen molar-refractivity contribution in [1.82, 2.24) is 0 Å². The summed E-state index contributed by atoms with van der Waals surface area (Å²) in [6.07, 6.45) is 1.08. The Kier molecular flexibility index (Phi) is 4.20. The smallest absolute Gasteiger partial charge is 0.123 e. The molecule has 1 atom stereocenters. The second-order valence-corrected chi connectivity index (χ2v) is 5.54. The molecule has 1 heterocycles. The normalized spacial score (nSPS) is 14.6. The lowest BCUT2D eigenvalue weighted by atomic mass is 10.1. The van der Waals surface area contributed by atoms with Crippen LogP contribution in [-0.4, -0.2) is 27.3 Å². The van der Waals surface area contributed by atoms with Gasteiger partial charge in [-0.15, -0.1) is 0 Å². The number of hydrogen-bond acceptors (Lipinski definition) is 4. The predicted octanol–water partition coefficient (Wildman–Crippen LogP) is 2.77. The number of nitrogens with two attached hydrogens (primary N) is 1. The van der Waals surface area contributed by atoms with Crippen LogP contribution in [0.1, 0.15) is 17.2 Å². The molecular weight excluding hydrogens is 276 g/mol. The van der Waals surface area contributed by atoms with Crippen molar-refractivity contribution >= 4 is 5.69 Å². The van der Waals surface area contributed by atoms with Gasteiger partial charge in [0, 0.05) is 24.3 Å². The molecule has 0 saturated carbocycles. The maximum atomic E-state index is 6.45. The Morgan fingerprint density at radius 3 is 2.73 bits per heavy atom. The van der Waals surface area contributed by atoms with Crippen molar-refractivity contribution in [2.75, 3.05) is 32.2 Å². The van der Waals surface area contributed by atoms with E-state index in [9.17, 15) is 0 Å². The standard InChI is InChI=1S/C18H22N2O2/c1-21-14-7-8-18(22-2)15(11-14)16(19)12-20-10-9-13-5-3-4-6-17(13)20/h3-8,11,16H,9-10,12,19H2,1-2H3. The van der Waals surface area contributed by atoms with Gasteiger partial charge in [0.05, 0.1) is 20.3 Å². The van der Waals surface area contributed by atoms with Crippen LogP contribution in [0.2, 0.25) is 0 Å². The van der Waals surface area contributed by atoms with Crippen LogP contribution in [0.4, 0.5) is 5.69 Å². The van der Waals surface area contributed by atoms with Crippen molar-refractivity contribution in [2.45, 2.75) is 12.5 Å². The fourth-order valence-electron chi connectivity index (χ4n) is 3.06. The maximum absolute atomic E-state index is 6.45. The molecule has 1 aliphatic rings. The third-order valence-corrected chi connectivity index (χ3v) is 4.24. The number of rotatable bonds is 5. The van der Waals surface area contributed by atoms with Crippen molar-refractivity contribution in [1.29, 1.82) is 0 Å². The highest BCUT2D eigenvalue weighted by atomic mass is 16.5. The van der Waals surface area contributed by atoms with Crippen LogP contribution < -0.4 is 20.1 Å². The van der Waals surface area contributed by atoms with E-state index in [0.29, 0.717) is 0 Å². The molecule has 4 nitrogen and oxygen atoms in total. The first kappa shape index (κ1) is 14.7. The van der Waals surface area contributed by atoms with Crippen molar-refractivity contribution in [3.05, 3.63) is 53.6 Å². The summed E-state index contributed by atoms with van der Waals surface area (Å²) in [7, 11) is 3.33. The molecule has 2 aromatic rings. The van der Waals surface area contributed by atoms with Crippen molar-refractivity contribution in [2.24, 2.45) is 5.73 Å². The van der Waals surface area contributed by atoms with Gasteiger partial charge in [0.25, 0.3) is 0 Å². The minimum Gasteiger partial charge on any atom is -0.497 e. The minimum atomic E-state index is -0.129. The zero-order valence-corrected chi connectivity index (χ0v) is 13.1. The first-order valence-corrected chi connectivity index (χ1v) is 7.53. The Labute approximate surface area is 131 Å². The molecule has 116 valence electrons. The average molecular weight is 298 g/mol. The molecule has 3 rings (SSSR count). The zero-order chi connectivity index (χ0) is 15.5. The summed E-state index contributed by atoms with van der Waals surface area (Å²) in [5.74, 6) is 1.61. The lowest BCUT2D eigenvalue weighted by molar-refractivity contribution is 0.395. The zero-order valence-electron chi connectivity index (χ0n) is 13.1. The SMILES string of the molecule is COc1ccc(OC)c(C(N)CN2CCc3ccccc32)c1. The third-order valence-electron chi connectivity index (χ3n) is 4.24. The van der Waals surface area contributed by atoms with Gasteiger partial charge >= 0.3 is 0 Å². The Morgan fingerprint density at radius 1 is 1.14 bits per heavy atom. The van der Waals surface area contributed by atoms with Gasteiger partial charge in [-0.2, -0.15) is 0 Å². The van der Waals surface area contributed by atoms with Crippen LogP contribution in [0.5, 0.6) is 11.5 Å². The fourth-order valence-corrected chi connectivity index (χ4v) is 3.06. The number of anilines is 1. The summed E-state index contributed by atoms with van der Waals surface area (Å²) < 4.78 is 10.8. The molecule has 22 heavy (non-hydrogen) atoms. The van der Waals surface area contributed by atoms with Gasteiger partial charge in [-0.25, -0.2) is 0 Å². The molecule has 0 bridgehead atoms. The summed E-state index contributed by atoms with van der Waals surface area (Å²) in [5.41, 5.74) is 10.1. The summed E-state index contributed by atoms with van der Waals surface area (Å²) in [6, 6.07) is 14.2. The Morgan fingerprint density at radius 2 is 1.95 bits per heavy atom. The van der Waals surface area contributed by atoms with E-state index in [1.54, 1.807) is 14.2 Å². The van der Waals surface area contributed by atoms with E-state index in [1.165, 1.54) is 11.3 Å². The lowest BCUT2D eigenvalue weighted by Crippen LogP contribution is -2.31. The quantitative estimate of drug-likeness (QED) is 0.922. The first-order chi connectivity index (χ1) is 10.7. The van der Waals surface area contributed by atoms with Gasteiger partial charge in [0.15, 0.2) is 0 Å². The molecular formula is C18H22N2O2. The Bertz CT molecular complexity index is 657. The molecule has 0 saturated heterocycles. The minimum absolute atomic E-state index is 0.129.